The van der Waals surface area contributed by atoms with Crippen molar-refractivity contribution in [3.63, 3.8) is 0 Å². The van der Waals surface area contributed by atoms with E-state index in [9.17, 15) is 0 Å². The molecule has 58 valence electrons. The fraction of sp³-hybridized carbons (Fsp3) is 0.625. The van der Waals surface area contributed by atoms with E-state index < -0.39 is 0 Å². The number of hydrogen-bond donors (Lipinski definition) is 0. The first-order valence-corrected chi connectivity index (χ1v) is 3.59. The first kappa shape index (κ1) is 9.21. The maximum Gasteiger partial charge on any atom is 0.0571 e. The monoisotopic (exact) mass is 140 g/mol. The lowest BCUT2D eigenvalue weighted by atomic mass is 10.4. The Hall–Kier alpha value is -0.790. The summed E-state index contributed by atoms with van der Waals surface area (Å²) in [4.78, 5) is 0. The van der Waals surface area contributed by atoms with Crippen LogP contribution < -0.4 is 0 Å². The standard InChI is InChI=1S/C8H16N2/c1-5-7-8(3)9-10(4)6-2/h5,7H,6H2,1-4H3/b7-5-,9-8+. The van der Waals surface area contributed by atoms with E-state index in [2.05, 4.69) is 12.0 Å². The highest BCUT2D eigenvalue weighted by molar-refractivity contribution is 5.92. The van der Waals surface area contributed by atoms with Crippen LogP contribution >= 0.6 is 0 Å². The largest absolute Gasteiger partial charge is 0.300 e. The molecule has 0 aromatic heterocycles. The second-order valence-electron chi connectivity index (χ2n) is 2.22. The molecular formula is C8H16N2. The van der Waals surface area contributed by atoms with Crippen LogP contribution in [0.4, 0.5) is 0 Å². The van der Waals surface area contributed by atoms with Crippen molar-refractivity contribution < 1.29 is 0 Å². The predicted molar refractivity (Wildman–Crippen MR) is 46.2 cm³/mol. The molecule has 2 heteroatoms. The van der Waals surface area contributed by atoms with Gasteiger partial charge in [0.1, 0.15) is 0 Å². The minimum atomic E-state index is 0.953. The average molecular weight is 140 g/mol. The molecule has 0 aromatic carbocycles. The summed E-state index contributed by atoms with van der Waals surface area (Å²) >= 11 is 0. The van der Waals surface area contributed by atoms with Gasteiger partial charge in [-0.05, 0) is 26.8 Å². The first-order chi connectivity index (χ1) is 4.70. The summed E-state index contributed by atoms with van der Waals surface area (Å²) in [6.45, 7) is 7.01. The summed E-state index contributed by atoms with van der Waals surface area (Å²) in [5.41, 5.74) is 1.05. The van der Waals surface area contributed by atoms with Gasteiger partial charge < -0.3 is 5.01 Å². The van der Waals surface area contributed by atoms with E-state index in [1.54, 1.807) is 0 Å². The first-order valence-electron chi connectivity index (χ1n) is 3.59. The van der Waals surface area contributed by atoms with Gasteiger partial charge in [-0.15, -0.1) is 0 Å². The van der Waals surface area contributed by atoms with Crippen LogP contribution in [0.15, 0.2) is 17.3 Å². The molecule has 0 rings (SSSR count). The number of rotatable bonds is 3. The molecule has 0 unspecified atom stereocenters. The van der Waals surface area contributed by atoms with Crippen LogP contribution in [0.25, 0.3) is 0 Å². The summed E-state index contributed by atoms with van der Waals surface area (Å²) in [5, 5.41) is 6.16. The van der Waals surface area contributed by atoms with Crippen molar-refractivity contribution in [2.24, 2.45) is 5.10 Å². The molecule has 0 radical (unpaired) electrons. The fourth-order valence-corrected chi connectivity index (χ4v) is 0.615. The molecule has 0 spiro atoms. The Labute approximate surface area is 63.2 Å². The number of hydrogen-bond acceptors (Lipinski definition) is 2. The highest BCUT2D eigenvalue weighted by Gasteiger charge is 1.86. The molecule has 0 saturated heterocycles. The Balaban J connectivity index is 3.89. The second-order valence-corrected chi connectivity index (χ2v) is 2.22. The molecule has 10 heavy (non-hydrogen) atoms. The van der Waals surface area contributed by atoms with Crippen LogP contribution in [-0.4, -0.2) is 24.3 Å². The predicted octanol–water partition coefficient (Wildman–Crippen LogP) is 1.89. The van der Waals surface area contributed by atoms with E-state index in [1.165, 1.54) is 0 Å². The van der Waals surface area contributed by atoms with Crippen molar-refractivity contribution in [3.05, 3.63) is 12.2 Å². The number of hydrazone groups is 1. The third kappa shape index (κ3) is 4.13. The molecule has 0 bridgehead atoms. The zero-order valence-electron chi connectivity index (χ0n) is 7.26. The zero-order valence-corrected chi connectivity index (χ0v) is 7.26. The molecule has 0 heterocycles. The van der Waals surface area contributed by atoms with E-state index in [0.717, 1.165) is 12.3 Å². The van der Waals surface area contributed by atoms with Gasteiger partial charge in [-0.25, -0.2) is 0 Å². The molecule has 0 amide bonds. The molecule has 0 aliphatic rings. The lowest BCUT2D eigenvalue weighted by Crippen LogP contribution is -2.11. The zero-order chi connectivity index (χ0) is 7.98. The van der Waals surface area contributed by atoms with Gasteiger partial charge in [-0.3, -0.25) is 0 Å². The van der Waals surface area contributed by atoms with Gasteiger partial charge >= 0.3 is 0 Å². The molecule has 0 aliphatic heterocycles. The molecule has 0 fully saturated rings. The Kier molecular flexibility index (Phi) is 4.63. The SMILES string of the molecule is C/C=C\C(C)=N\N(C)CC. The van der Waals surface area contributed by atoms with Crippen molar-refractivity contribution >= 4 is 5.71 Å². The van der Waals surface area contributed by atoms with Crippen LogP contribution in [0.5, 0.6) is 0 Å². The second kappa shape index (κ2) is 5.03. The third-order valence-electron chi connectivity index (χ3n) is 1.19. The van der Waals surface area contributed by atoms with E-state index in [4.69, 9.17) is 0 Å². The quantitative estimate of drug-likeness (QED) is 0.432. The van der Waals surface area contributed by atoms with Crippen LogP contribution in [0.2, 0.25) is 0 Å². The smallest absolute Gasteiger partial charge is 0.0571 e. The van der Waals surface area contributed by atoms with Gasteiger partial charge in [0, 0.05) is 13.6 Å². The van der Waals surface area contributed by atoms with E-state index >= 15 is 0 Å². The minimum Gasteiger partial charge on any atom is -0.300 e. The number of nitrogens with zero attached hydrogens (tertiary/aromatic N) is 2. The van der Waals surface area contributed by atoms with Gasteiger partial charge in [0.25, 0.3) is 0 Å². The van der Waals surface area contributed by atoms with Gasteiger partial charge in [0.05, 0.1) is 5.71 Å². The molecule has 0 atom stereocenters. The van der Waals surface area contributed by atoms with Gasteiger partial charge in [0.15, 0.2) is 0 Å². The summed E-state index contributed by atoms with van der Waals surface area (Å²) in [6.07, 6.45) is 3.98. The Morgan fingerprint density at radius 1 is 1.60 bits per heavy atom. The van der Waals surface area contributed by atoms with Crippen LogP contribution in [0.3, 0.4) is 0 Å². The highest BCUT2D eigenvalue weighted by atomic mass is 15.4. The Bertz CT molecular complexity index is 136. The lowest BCUT2D eigenvalue weighted by Gasteiger charge is -2.08. The van der Waals surface area contributed by atoms with Crippen molar-refractivity contribution in [2.45, 2.75) is 20.8 Å². The molecule has 2 nitrogen and oxygen atoms in total. The van der Waals surface area contributed by atoms with Crippen LogP contribution in [0.1, 0.15) is 20.8 Å². The highest BCUT2D eigenvalue weighted by Crippen LogP contribution is 1.86. The molecule has 0 saturated carbocycles. The number of allylic oxidation sites excluding steroid dienone is 2. The maximum atomic E-state index is 4.25. The summed E-state index contributed by atoms with van der Waals surface area (Å²) in [7, 11) is 1.97. The van der Waals surface area contributed by atoms with E-state index in [1.807, 2.05) is 38.1 Å². The van der Waals surface area contributed by atoms with Crippen LogP contribution in [0, 0.1) is 0 Å². The van der Waals surface area contributed by atoms with Crippen molar-refractivity contribution in [1.29, 1.82) is 0 Å². The van der Waals surface area contributed by atoms with Crippen molar-refractivity contribution in [1.82, 2.24) is 5.01 Å². The molecule has 0 N–H and O–H groups in total. The lowest BCUT2D eigenvalue weighted by molar-refractivity contribution is 0.375. The minimum absolute atomic E-state index is 0.953. The van der Waals surface area contributed by atoms with Gasteiger partial charge in [-0.1, -0.05) is 6.08 Å². The normalized spacial score (nSPS) is 12.6. The van der Waals surface area contributed by atoms with Gasteiger partial charge in [0.2, 0.25) is 0 Å². The van der Waals surface area contributed by atoms with Crippen LogP contribution in [-0.2, 0) is 0 Å². The average Bonchev–Trinajstić information content (AvgIpc) is 1.88. The summed E-state index contributed by atoms with van der Waals surface area (Å²) < 4.78 is 0. The van der Waals surface area contributed by atoms with Crippen molar-refractivity contribution in [3.8, 4) is 0 Å². The van der Waals surface area contributed by atoms with Gasteiger partial charge in [-0.2, -0.15) is 5.10 Å². The molecule has 0 aromatic rings. The third-order valence-corrected chi connectivity index (χ3v) is 1.19. The van der Waals surface area contributed by atoms with Crippen molar-refractivity contribution in [2.75, 3.05) is 13.6 Å². The topological polar surface area (TPSA) is 15.6 Å². The Morgan fingerprint density at radius 2 is 2.20 bits per heavy atom. The maximum absolute atomic E-state index is 4.25. The summed E-state index contributed by atoms with van der Waals surface area (Å²) in [5.74, 6) is 0. The van der Waals surface area contributed by atoms with E-state index in [-0.39, 0.29) is 0 Å². The molecule has 0 aliphatic carbocycles. The van der Waals surface area contributed by atoms with E-state index in [0.29, 0.717) is 0 Å². The fourth-order valence-electron chi connectivity index (χ4n) is 0.615. The molecular weight excluding hydrogens is 124 g/mol. The summed E-state index contributed by atoms with van der Waals surface area (Å²) in [6, 6.07) is 0. The Morgan fingerprint density at radius 3 is 2.60 bits per heavy atom.